The molecule has 0 saturated carbocycles. The number of rotatable bonds is 5. The van der Waals surface area contributed by atoms with Gasteiger partial charge in [0.2, 0.25) is 5.75 Å². The summed E-state index contributed by atoms with van der Waals surface area (Å²) in [5, 5.41) is 16.3. The number of hydrogen-bond acceptors (Lipinski definition) is 7. The Balaban J connectivity index is 1.78. The topological polar surface area (TPSA) is 92.6 Å². The van der Waals surface area contributed by atoms with Crippen LogP contribution in [0.5, 0.6) is 17.2 Å². The van der Waals surface area contributed by atoms with Crippen LogP contribution in [-0.4, -0.2) is 32.3 Å². The van der Waals surface area contributed by atoms with E-state index >= 15 is 0 Å². The van der Waals surface area contributed by atoms with Crippen molar-refractivity contribution >= 4 is 39.6 Å². The maximum absolute atomic E-state index is 12.8. The summed E-state index contributed by atoms with van der Waals surface area (Å²) < 4.78 is 15.9. The quantitative estimate of drug-likeness (QED) is 0.578. The Morgan fingerprint density at radius 1 is 1.18 bits per heavy atom. The molecule has 0 spiro atoms. The van der Waals surface area contributed by atoms with Crippen LogP contribution in [0, 0.1) is 22.7 Å². The lowest BCUT2D eigenvalue weighted by molar-refractivity contribution is 0.0977. The molecule has 0 fully saturated rings. The van der Waals surface area contributed by atoms with Crippen molar-refractivity contribution in [1.82, 2.24) is 5.32 Å². The number of benzene rings is 1. The molecule has 1 aliphatic carbocycles. The molecule has 1 amide bonds. The zero-order chi connectivity index (χ0) is 24.3. The zero-order valence-electron chi connectivity index (χ0n) is 19.8. The first kappa shape index (κ1) is 24.8. The van der Waals surface area contributed by atoms with Crippen LogP contribution in [0.1, 0.15) is 53.6 Å². The normalized spacial score (nSPS) is 15.1. The highest BCUT2D eigenvalue weighted by molar-refractivity contribution is 7.80. The largest absolute Gasteiger partial charge is 0.493 e. The average Bonchev–Trinajstić information content (AvgIpc) is 3.12. The van der Waals surface area contributed by atoms with E-state index in [9.17, 15) is 10.1 Å². The highest BCUT2D eigenvalue weighted by Crippen LogP contribution is 2.44. The summed E-state index contributed by atoms with van der Waals surface area (Å²) in [5.41, 5.74) is 2.23. The van der Waals surface area contributed by atoms with Crippen molar-refractivity contribution in [2.24, 2.45) is 11.3 Å². The summed E-state index contributed by atoms with van der Waals surface area (Å²) in [4.78, 5) is 14.1. The molecular weight excluding hydrogens is 458 g/mol. The van der Waals surface area contributed by atoms with Gasteiger partial charge in [0.25, 0.3) is 5.91 Å². The number of nitriles is 1. The van der Waals surface area contributed by atoms with Crippen LogP contribution in [0.3, 0.4) is 0 Å². The van der Waals surface area contributed by atoms with Crippen LogP contribution in [0.25, 0.3) is 0 Å². The number of thiocarbonyl (C=S) groups is 1. The van der Waals surface area contributed by atoms with Gasteiger partial charge in [0.05, 0.1) is 26.9 Å². The SMILES string of the molecule is COc1cc(C(=O)NC(=S)Nc2sc3c(c2C#N)CCC(C(C)(C)C)C3)cc(OC)c1OC. The molecule has 1 heterocycles. The van der Waals surface area contributed by atoms with Gasteiger partial charge in [0, 0.05) is 10.4 Å². The van der Waals surface area contributed by atoms with Crippen molar-refractivity contribution in [3.8, 4) is 23.3 Å². The van der Waals surface area contributed by atoms with E-state index in [1.807, 2.05) is 0 Å². The number of nitrogens with one attached hydrogen (secondary N) is 2. The summed E-state index contributed by atoms with van der Waals surface area (Å²) >= 11 is 6.93. The van der Waals surface area contributed by atoms with Crippen molar-refractivity contribution in [3.05, 3.63) is 33.7 Å². The first-order valence-electron chi connectivity index (χ1n) is 10.6. The molecule has 1 aromatic heterocycles. The molecule has 3 rings (SSSR count). The maximum atomic E-state index is 12.8. The lowest BCUT2D eigenvalue weighted by Gasteiger charge is -2.33. The van der Waals surface area contributed by atoms with Crippen LogP contribution in [-0.2, 0) is 12.8 Å². The molecule has 1 atom stereocenters. The first-order valence-corrected chi connectivity index (χ1v) is 11.8. The molecule has 0 radical (unpaired) electrons. The molecule has 0 saturated heterocycles. The highest BCUT2D eigenvalue weighted by Gasteiger charge is 2.32. The van der Waals surface area contributed by atoms with E-state index < -0.39 is 5.91 Å². The molecule has 7 nitrogen and oxygen atoms in total. The standard InChI is InChI=1S/C24H29N3O4S2/c1-24(2,3)14-7-8-15-16(12-25)22(33-19(15)11-14)27-23(32)26-21(28)13-9-17(29-4)20(31-6)18(10-13)30-5/h9-10,14H,7-8,11H2,1-6H3,(H2,26,27,28,32). The van der Waals surface area contributed by atoms with Gasteiger partial charge in [-0.05, 0) is 60.5 Å². The molecule has 2 aromatic rings. The van der Waals surface area contributed by atoms with Crippen LogP contribution >= 0.6 is 23.6 Å². The lowest BCUT2D eigenvalue weighted by atomic mass is 9.72. The Kier molecular flexibility index (Phi) is 7.50. The van der Waals surface area contributed by atoms with Crippen molar-refractivity contribution in [3.63, 3.8) is 0 Å². The van der Waals surface area contributed by atoms with E-state index in [2.05, 4.69) is 37.5 Å². The summed E-state index contributed by atoms with van der Waals surface area (Å²) in [6.45, 7) is 6.78. The van der Waals surface area contributed by atoms with Gasteiger partial charge in [-0.2, -0.15) is 5.26 Å². The highest BCUT2D eigenvalue weighted by atomic mass is 32.1. The third kappa shape index (κ3) is 5.23. The molecule has 1 aliphatic rings. The van der Waals surface area contributed by atoms with Crippen molar-refractivity contribution < 1.29 is 19.0 Å². The molecular formula is C24H29N3O4S2. The first-order chi connectivity index (χ1) is 15.6. The van der Waals surface area contributed by atoms with E-state index in [1.54, 1.807) is 23.5 Å². The molecule has 33 heavy (non-hydrogen) atoms. The fourth-order valence-electron chi connectivity index (χ4n) is 4.05. The van der Waals surface area contributed by atoms with Crippen LogP contribution in [0.4, 0.5) is 5.00 Å². The van der Waals surface area contributed by atoms with Crippen molar-refractivity contribution in [2.75, 3.05) is 26.6 Å². The second-order valence-electron chi connectivity index (χ2n) is 8.95. The van der Waals surface area contributed by atoms with Crippen LogP contribution < -0.4 is 24.8 Å². The Morgan fingerprint density at radius 2 is 1.82 bits per heavy atom. The third-order valence-electron chi connectivity index (χ3n) is 5.98. The second kappa shape index (κ2) is 9.98. The van der Waals surface area contributed by atoms with Gasteiger partial charge in [-0.3, -0.25) is 10.1 Å². The number of anilines is 1. The number of ether oxygens (including phenoxy) is 3. The van der Waals surface area contributed by atoms with Gasteiger partial charge in [-0.1, -0.05) is 20.8 Å². The monoisotopic (exact) mass is 487 g/mol. The molecule has 0 aliphatic heterocycles. The summed E-state index contributed by atoms with van der Waals surface area (Å²) in [6.07, 6.45) is 2.89. The lowest BCUT2D eigenvalue weighted by Crippen LogP contribution is -2.34. The van der Waals surface area contributed by atoms with Gasteiger partial charge in [-0.25, -0.2) is 0 Å². The van der Waals surface area contributed by atoms with Crippen molar-refractivity contribution in [2.45, 2.75) is 40.0 Å². The minimum absolute atomic E-state index is 0.122. The summed E-state index contributed by atoms with van der Waals surface area (Å²) in [6, 6.07) is 5.42. The van der Waals surface area contributed by atoms with Gasteiger partial charge >= 0.3 is 0 Å². The Labute approximate surface area is 204 Å². The average molecular weight is 488 g/mol. The number of hydrogen-bond donors (Lipinski definition) is 2. The molecule has 1 aromatic carbocycles. The van der Waals surface area contributed by atoms with E-state index in [0.29, 0.717) is 39.3 Å². The zero-order valence-corrected chi connectivity index (χ0v) is 21.4. The van der Waals surface area contributed by atoms with E-state index in [-0.39, 0.29) is 10.5 Å². The minimum Gasteiger partial charge on any atom is -0.493 e. The van der Waals surface area contributed by atoms with Gasteiger partial charge < -0.3 is 19.5 Å². The number of fused-ring (bicyclic) bond motifs is 1. The van der Waals surface area contributed by atoms with Crippen LogP contribution in [0.2, 0.25) is 0 Å². The third-order valence-corrected chi connectivity index (χ3v) is 7.36. The van der Waals surface area contributed by atoms with Gasteiger partial charge in [0.1, 0.15) is 11.1 Å². The number of thiophene rings is 1. The van der Waals surface area contributed by atoms with Gasteiger partial charge in [0.15, 0.2) is 16.6 Å². The predicted octanol–water partition coefficient (Wildman–Crippen LogP) is 4.92. The summed E-state index contributed by atoms with van der Waals surface area (Å²) in [7, 11) is 4.46. The molecule has 2 N–H and O–H groups in total. The molecule has 176 valence electrons. The number of carbonyl (C=O) groups is 1. The predicted molar refractivity (Wildman–Crippen MR) is 134 cm³/mol. The number of nitrogens with zero attached hydrogens (tertiary/aromatic N) is 1. The Bertz CT molecular complexity index is 1090. The minimum atomic E-state index is -0.431. The van der Waals surface area contributed by atoms with Gasteiger partial charge in [-0.15, -0.1) is 11.3 Å². The fraction of sp³-hybridized carbons (Fsp3) is 0.458. The number of amides is 1. The van der Waals surface area contributed by atoms with Crippen molar-refractivity contribution in [1.29, 1.82) is 5.26 Å². The van der Waals surface area contributed by atoms with E-state index in [4.69, 9.17) is 26.4 Å². The number of carbonyl (C=O) groups excluding carboxylic acids is 1. The van der Waals surface area contributed by atoms with E-state index in [0.717, 1.165) is 24.8 Å². The maximum Gasteiger partial charge on any atom is 0.257 e. The summed E-state index contributed by atoms with van der Waals surface area (Å²) in [5.74, 6) is 1.27. The smallest absolute Gasteiger partial charge is 0.257 e. The second-order valence-corrected chi connectivity index (χ2v) is 10.5. The Hall–Kier alpha value is -2.83. The van der Waals surface area contributed by atoms with E-state index in [1.165, 1.54) is 26.2 Å². The molecule has 0 bridgehead atoms. The molecule has 1 unspecified atom stereocenters. The molecule has 9 heteroatoms. The number of methoxy groups -OCH3 is 3. The van der Waals surface area contributed by atoms with Crippen LogP contribution in [0.15, 0.2) is 12.1 Å². The Morgan fingerprint density at radius 3 is 2.33 bits per heavy atom. The fourth-order valence-corrected chi connectivity index (χ4v) is 5.59.